The summed E-state index contributed by atoms with van der Waals surface area (Å²) in [4.78, 5) is 40.6. The number of carboxylic acid groups (broad SMARTS) is 1. The quantitative estimate of drug-likeness (QED) is 0.720. The Morgan fingerprint density at radius 3 is 2.58 bits per heavy atom. The van der Waals surface area contributed by atoms with Crippen LogP contribution >= 0.6 is 22.9 Å². The molecule has 0 aliphatic rings. The van der Waals surface area contributed by atoms with Gasteiger partial charge in [-0.1, -0.05) is 11.6 Å². The third kappa shape index (κ3) is 2.83. The number of fused-ring (bicyclic) bond motifs is 1. The zero-order chi connectivity index (χ0) is 17.4. The van der Waals surface area contributed by atoms with Crippen molar-refractivity contribution in [1.29, 1.82) is 0 Å². The first-order valence-corrected chi connectivity index (χ1v) is 8.08. The number of thiophene rings is 1. The standard InChI is InChI=1S/C16H11ClN2O4S/c1-8-12-14(24-13(8)16(22)23)18-7-19(15(12)21)6-11(20)9-2-4-10(17)5-3-9/h2-5,7H,6H2,1H3,(H,22,23). The van der Waals surface area contributed by atoms with E-state index >= 15 is 0 Å². The van der Waals surface area contributed by atoms with Gasteiger partial charge in [-0.2, -0.15) is 0 Å². The number of rotatable bonds is 4. The molecule has 8 heteroatoms. The first-order valence-electron chi connectivity index (χ1n) is 6.89. The number of aryl methyl sites for hydroxylation is 1. The maximum absolute atomic E-state index is 12.6. The van der Waals surface area contributed by atoms with Gasteiger partial charge in [-0.05, 0) is 36.8 Å². The van der Waals surface area contributed by atoms with E-state index in [1.165, 1.54) is 10.9 Å². The lowest BCUT2D eigenvalue weighted by molar-refractivity contribution is 0.0701. The first kappa shape index (κ1) is 16.4. The molecule has 0 bridgehead atoms. The van der Waals surface area contributed by atoms with Crippen molar-refractivity contribution in [3.05, 3.63) is 62.0 Å². The fourth-order valence-electron chi connectivity index (χ4n) is 2.36. The van der Waals surface area contributed by atoms with E-state index in [-0.39, 0.29) is 22.6 Å². The minimum atomic E-state index is -1.10. The van der Waals surface area contributed by atoms with E-state index in [4.69, 9.17) is 16.7 Å². The molecule has 1 N–H and O–H groups in total. The topological polar surface area (TPSA) is 89.3 Å². The molecule has 2 heterocycles. The molecule has 2 aromatic heterocycles. The average molecular weight is 363 g/mol. The molecule has 0 spiro atoms. The van der Waals surface area contributed by atoms with Gasteiger partial charge in [0.1, 0.15) is 9.71 Å². The predicted molar refractivity (Wildman–Crippen MR) is 91.4 cm³/mol. The molecule has 1 aromatic carbocycles. The number of nitrogens with zero attached hydrogens (tertiary/aromatic N) is 2. The smallest absolute Gasteiger partial charge is 0.346 e. The van der Waals surface area contributed by atoms with Crippen molar-refractivity contribution in [2.45, 2.75) is 13.5 Å². The molecule has 0 unspecified atom stereocenters. The Labute approximate surface area is 145 Å². The van der Waals surface area contributed by atoms with E-state index in [1.807, 2.05) is 0 Å². The molecular weight excluding hydrogens is 352 g/mol. The van der Waals surface area contributed by atoms with Crippen molar-refractivity contribution in [2.75, 3.05) is 0 Å². The number of carbonyl (C=O) groups excluding carboxylic acids is 1. The predicted octanol–water partition coefficient (Wildman–Crippen LogP) is 3.00. The van der Waals surface area contributed by atoms with Crippen molar-refractivity contribution in [1.82, 2.24) is 9.55 Å². The van der Waals surface area contributed by atoms with Crippen LogP contribution in [-0.4, -0.2) is 26.4 Å². The van der Waals surface area contributed by atoms with Crippen LogP contribution in [0, 0.1) is 6.92 Å². The van der Waals surface area contributed by atoms with Gasteiger partial charge in [-0.15, -0.1) is 11.3 Å². The maximum Gasteiger partial charge on any atom is 0.346 e. The van der Waals surface area contributed by atoms with Crippen molar-refractivity contribution in [2.24, 2.45) is 0 Å². The van der Waals surface area contributed by atoms with E-state index in [2.05, 4.69) is 4.98 Å². The van der Waals surface area contributed by atoms with Crippen LogP contribution in [-0.2, 0) is 6.54 Å². The number of aromatic nitrogens is 2. The summed E-state index contributed by atoms with van der Waals surface area (Å²) in [6, 6.07) is 6.36. The van der Waals surface area contributed by atoms with E-state index in [9.17, 15) is 14.4 Å². The lowest BCUT2D eigenvalue weighted by atomic mass is 10.1. The molecule has 0 saturated heterocycles. The van der Waals surface area contributed by atoms with Gasteiger partial charge in [0.05, 0.1) is 18.3 Å². The molecule has 0 fully saturated rings. The number of hydrogen-bond acceptors (Lipinski definition) is 5. The normalized spacial score (nSPS) is 10.9. The summed E-state index contributed by atoms with van der Waals surface area (Å²) in [6.45, 7) is 1.39. The highest BCUT2D eigenvalue weighted by Gasteiger charge is 2.19. The number of benzene rings is 1. The van der Waals surface area contributed by atoms with Crippen molar-refractivity contribution < 1.29 is 14.7 Å². The zero-order valence-electron chi connectivity index (χ0n) is 12.4. The Kier molecular flexibility index (Phi) is 4.21. The second-order valence-corrected chi connectivity index (χ2v) is 6.58. The van der Waals surface area contributed by atoms with Gasteiger partial charge in [-0.25, -0.2) is 9.78 Å². The van der Waals surface area contributed by atoms with Crippen LogP contribution in [0.4, 0.5) is 0 Å². The van der Waals surface area contributed by atoms with Gasteiger partial charge < -0.3 is 5.11 Å². The van der Waals surface area contributed by atoms with Crippen LogP contribution in [0.2, 0.25) is 5.02 Å². The van der Waals surface area contributed by atoms with Gasteiger partial charge in [0, 0.05) is 10.6 Å². The van der Waals surface area contributed by atoms with Crippen molar-refractivity contribution >= 4 is 44.9 Å². The minimum Gasteiger partial charge on any atom is -0.477 e. The summed E-state index contributed by atoms with van der Waals surface area (Å²) in [6.07, 6.45) is 1.26. The SMILES string of the molecule is Cc1c(C(=O)O)sc2ncn(CC(=O)c3ccc(Cl)cc3)c(=O)c12. The summed E-state index contributed by atoms with van der Waals surface area (Å²) in [5, 5.41) is 9.91. The highest BCUT2D eigenvalue weighted by molar-refractivity contribution is 7.20. The third-order valence-electron chi connectivity index (χ3n) is 3.59. The molecule has 24 heavy (non-hydrogen) atoms. The van der Waals surface area contributed by atoms with Gasteiger partial charge in [0.25, 0.3) is 5.56 Å². The van der Waals surface area contributed by atoms with Crippen molar-refractivity contribution in [3.8, 4) is 0 Å². The highest BCUT2D eigenvalue weighted by Crippen LogP contribution is 2.26. The monoisotopic (exact) mass is 362 g/mol. The molecule has 0 atom stereocenters. The van der Waals surface area contributed by atoms with Crippen LogP contribution in [0.15, 0.2) is 35.4 Å². The molecule has 0 aliphatic carbocycles. The maximum atomic E-state index is 12.6. The molecule has 0 radical (unpaired) electrons. The first-order chi connectivity index (χ1) is 11.4. The summed E-state index contributed by atoms with van der Waals surface area (Å²) in [5.41, 5.74) is 0.372. The highest BCUT2D eigenvalue weighted by atomic mass is 35.5. The van der Waals surface area contributed by atoms with Crippen LogP contribution < -0.4 is 5.56 Å². The van der Waals surface area contributed by atoms with Crippen LogP contribution in [0.1, 0.15) is 25.6 Å². The third-order valence-corrected chi connectivity index (χ3v) is 5.03. The lowest BCUT2D eigenvalue weighted by Crippen LogP contribution is -2.24. The van der Waals surface area contributed by atoms with E-state index in [1.54, 1.807) is 31.2 Å². The number of carbonyl (C=O) groups is 2. The molecule has 3 aromatic rings. The van der Waals surface area contributed by atoms with E-state index in [0.29, 0.717) is 21.0 Å². The van der Waals surface area contributed by atoms with Crippen LogP contribution in [0.5, 0.6) is 0 Å². The Hall–Kier alpha value is -2.51. The summed E-state index contributed by atoms with van der Waals surface area (Å²) in [7, 11) is 0. The molecule has 0 aliphatic heterocycles. The number of aromatic carboxylic acids is 1. The molecule has 122 valence electrons. The zero-order valence-corrected chi connectivity index (χ0v) is 14.0. The minimum absolute atomic E-state index is 0.0800. The largest absolute Gasteiger partial charge is 0.477 e. The molecular formula is C16H11ClN2O4S. The van der Waals surface area contributed by atoms with Gasteiger partial charge >= 0.3 is 5.97 Å². The van der Waals surface area contributed by atoms with Crippen LogP contribution in [0.3, 0.4) is 0 Å². The van der Waals surface area contributed by atoms with Gasteiger partial charge in [-0.3, -0.25) is 14.2 Å². The lowest BCUT2D eigenvalue weighted by Gasteiger charge is -2.05. The molecule has 0 saturated carbocycles. The average Bonchev–Trinajstić information content (AvgIpc) is 2.88. The molecule has 3 rings (SSSR count). The van der Waals surface area contributed by atoms with Gasteiger partial charge in [0.15, 0.2) is 5.78 Å². The molecule has 6 nitrogen and oxygen atoms in total. The Balaban J connectivity index is 2.01. The Bertz CT molecular complexity index is 1020. The van der Waals surface area contributed by atoms with E-state index < -0.39 is 11.5 Å². The summed E-state index contributed by atoms with van der Waals surface area (Å²) in [5.74, 6) is -1.36. The van der Waals surface area contributed by atoms with E-state index in [0.717, 1.165) is 11.3 Å². The summed E-state index contributed by atoms with van der Waals surface area (Å²) >= 11 is 6.74. The Morgan fingerprint density at radius 2 is 1.96 bits per heavy atom. The van der Waals surface area contributed by atoms with Crippen molar-refractivity contribution in [3.63, 3.8) is 0 Å². The number of Topliss-reactive ketones (excluding diaryl/α,β-unsaturated/α-hetero) is 1. The summed E-state index contributed by atoms with van der Waals surface area (Å²) < 4.78 is 1.19. The van der Waals surface area contributed by atoms with Crippen LogP contribution in [0.25, 0.3) is 10.2 Å². The second kappa shape index (κ2) is 6.18. The molecule has 0 amide bonds. The fraction of sp³-hybridized carbons (Fsp3) is 0.125. The Morgan fingerprint density at radius 1 is 1.29 bits per heavy atom. The second-order valence-electron chi connectivity index (χ2n) is 5.15. The van der Waals surface area contributed by atoms with Gasteiger partial charge in [0.2, 0.25) is 0 Å². The number of hydrogen-bond donors (Lipinski definition) is 1. The number of carboxylic acids is 1. The number of halogens is 1. The fourth-order valence-corrected chi connectivity index (χ4v) is 3.46. The number of ketones is 1.